The Bertz CT molecular complexity index is 560. The van der Waals surface area contributed by atoms with Crippen LogP contribution in [-0.4, -0.2) is 31.9 Å². The highest BCUT2D eigenvalue weighted by Crippen LogP contribution is 2.22. The summed E-state index contributed by atoms with van der Waals surface area (Å²) in [5.41, 5.74) is 7.24. The lowest BCUT2D eigenvalue weighted by atomic mass is 10.1. The molecule has 1 aliphatic heterocycles. The number of rotatable bonds is 6. The molecule has 1 aromatic carbocycles. The number of aryl methyl sites for hydroxylation is 1. The number of nitrogens with two attached hydrogens (primary N) is 1. The monoisotopic (exact) mass is 311 g/mol. The Hall–Kier alpha value is -1.11. The lowest BCUT2D eigenvalue weighted by molar-refractivity contribution is 0.270. The number of hydrogen-bond donors (Lipinski definition) is 2. The molecule has 6 heteroatoms. The third-order valence-electron chi connectivity index (χ3n) is 3.89. The van der Waals surface area contributed by atoms with Crippen molar-refractivity contribution in [1.82, 2.24) is 4.31 Å². The first-order valence-electron chi connectivity index (χ1n) is 7.61. The first kappa shape index (κ1) is 16.3. The van der Waals surface area contributed by atoms with Crippen LogP contribution in [0.5, 0.6) is 0 Å². The molecule has 0 saturated carbocycles. The summed E-state index contributed by atoms with van der Waals surface area (Å²) < 4.78 is 29.2. The lowest BCUT2D eigenvalue weighted by Crippen LogP contribution is -2.44. The van der Waals surface area contributed by atoms with Gasteiger partial charge >= 0.3 is 10.2 Å². The summed E-state index contributed by atoms with van der Waals surface area (Å²) in [6.45, 7) is 3.21. The van der Waals surface area contributed by atoms with Crippen LogP contribution in [0.15, 0.2) is 24.3 Å². The minimum atomic E-state index is -3.46. The van der Waals surface area contributed by atoms with Crippen molar-refractivity contribution in [2.75, 3.05) is 17.8 Å². The molecule has 1 fully saturated rings. The number of nitrogens with one attached hydrogen (secondary N) is 1. The van der Waals surface area contributed by atoms with Crippen molar-refractivity contribution in [3.63, 3.8) is 0 Å². The van der Waals surface area contributed by atoms with Crippen LogP contribution in [0.1, 0.15) is 38.2 Å². The smallest absolute Gasteiger partial charge is 0.301 e. The second-order valence-corrected chi connectivity index (χ2v) is 7.28. The average Bonchev–Trinajstić information content (AvgIpc) is 2.45. The fraction of sp³-hybridized carbons (Fsp3) is 0.600. The quantitative estimate of drug-likeness (QED) is 0.845. The van der Waals surface area contributed by atoms with Gasteiger partial charge in [0.25, 0.3) is 0 Å². The summed E-state index contributed by atoms with van der Waals surface area (Å²) in [7, 11) is -3.46. The Kier molecular flexibility index (Phi) is 5.61. The fourth-order valence-corrected chi connectivity index (χ4v) is 4.22. The largest absolute Gasteiger partial charge is 0.330 e. The molecule has 1 heterocycles. The molecule has 2 rings (SSSR count). The van der Waals surface area contributed by atoms with Crippen molar-refractivity contribution in [3.8, 4) is 0 Å². The molecule has 0 radical (unpaired) electrons. The number of hydrogen-bond acceptors (Lipinski definition) is 3. The SMILES string of the molecule is CC1CCCCN1S(=O)(=O)Nc1cccc(CCCN)c1. The van der Waals surface area contributed by atoms with Gasteiger partial charge in [-0.05, 0) is 56.8 Å². The van der Waals surface area contributed by atoms with E-state index in [2.05, 4.69) is 4.72 Å². The molecular weight excluding hydrogens is 286 g/mol. The zero-order chi connectivity index (χ0) is 15.3. The van der Waals surface area contributed by atoms with Crippen LogP contribution in [0.4, 0.5) is 5.69 Å². The Morgan fingerprint density at radius 1 is 1.38 bits per heavy atom. The van der Waals surface area contributed by atoms with E-state index in [-0.39, 0.29) is 6.04 Å². The van der Waals surface area contributed by atoms with Crippen LogP contribution in [0.3, 0.4) is 0 Å². The van der Waals surface area contributed by atoms with E-state index in [0.717, 1.165) is 37.7 Å². The van der Waals surface area contributed by atoms with Crippen molar-refractivity contribution in [2.45, 2.75) is 45.1 Å². The molecule has 0 amide bonds. The van der Waals surface area contributed by atoms with Crippen LogP contribution in [-0.2, 0) is 16.6 Å². The maximum absolute atomic E-state index is 12.5. The van der Waals surface area contributed by atoms with E-state index in [0.29, 0.717) is 18.8 Å². The standard InChI is InChI=1S/C15H25N3O2S/c1-13-6-2-3-11-18(13)21(19,20)17-15-9-4-7-14(12-15)8-5-10-16/h4,7,9,12-13,17H,2-3,5-6,8,10-11,16H2,1H3. The summed E-state index contributed by atoms with van der Waals surface area (Å²) in [6, 6.07) is 7.62. The molecular formula is C15H25N3O2S. The summed E-state index contributed by atoms with van der Waals surface area (Å²) >= 11 is 0. The van der Waals surface area contributed by atoms with Crippen LogP contribution >= 0.6 is 0 Å². The highest BCUT2D eigenvalue weighted by molar-refractivity contribution is 7.90. The van der Waals surface area contributed by atoms with Crippen molar-refractivity contribution >= 4 is 15.9 Å². The highest BCUT2D eigenvalue weighted by Gasteiger charge is 2.29. The Morgan fingerprint density at radius 3 is 2.90 bits per heavy atom. The molecule has 0 aliphatic carbocycles. The van der Waals surface area contributed by atoms with Gasteiger partial charge in [0.2, 0.25) is 0 Å². The molecule has 1 unspecified atom stereocenters. The first-order chi connectivity index (χ1) is 10.0. The summed E-state index contributed by atoms with van der Waals surface area (Å²) in [4.78, 5) is 0. The molecule has 5 nitrogen and oxygen atoms in total. The van der Waals surface area contributed by atoms with Gasteiger partial charge in [0, 0.05) is 12.6 Å². The summed E-state index contributed by atoms with van der Waals surface area (Å²) in [5, 5.41) is 0. The van der Waals surface area contributed by atoms with E-state index < -0.39 is 10.2 Å². The maximum Gasteiger partial charge on any atom is 0.301 e. The number of benzene rings is 1. The van der Waals surface area contributed by atoms with Crippen LogP contribution < -0.4 is 10.5 Å². The number of nitrogens with zero attached hydrogens (tertiary/aromatic N) is 1. The van der Waals surface area contributed by atoms with E-state index in [1.807, 2.05) is 25.1 Å². The van der Waals surface area contributed by atoms with Crippen LogP contribution in [0.25, 0.3) is 0 Å². The Labute approximate surface area is 127 Å². The van der Waals surface area contributed by atoms with Crippen molar-refractivity contribution in [1.29, 1.82) is 0 Å². The number of piperidine rings is 1. The van der Waals surface area contributed by atoms with Gasteiger partial charge in [0.05, 0.1) is 5.69 Å². The first-order valence-corrected chi connectivity index (χ1v) is 9.05. The van der Waals surface area contributed by atoms with E-state index >= 15 is 0 Å². The molecule has 0 spiro atoms. The molecule has 0 bridgehead atoms. The van der Waals surface area contributed by atoms with Gasteiger partial charge in [0.15, 0.2) is 0 Å². The molecule has 1 atom stereocenters. The topological polar surface area (TPSA) is 75.4 Å². The Balaban J connectivity index is 2.09. The molecule has 1 aromatic rings. The molecule has 118 valence electrons. The van der Waals surface area contributed by atoms with E-state index in [1.165, 1.54) is 0 Å². The molecule has 1 aliphatic rings. The third kappa shape index (κ3) is 4.43. The zero-order valence-corrected chi connectivity index (χ0v) is 13.4. The van der Waals surface area contributed by atoms with Crippen LogP contribution in [0.2, 0.25) is 0 Å². The molecule has 21 heavy (non-hydrogen) atoms. The van der Waals surface area contributed by atoms with Gasteiger partial charge in [-0.1, -0.05) is 18.6 Å². The summed E-state index contributed by atoms with van der Waals surface area (Å²) in [6.07, 6.45) is 4.73. The predicted molar refractivity (Wildman–Crippen MR) is 86.4 cm³/mol. The minimum Gasteiger partial charge on any atom is -0.330 e. The minimum absolute atomic E-state index is 0.0664. The average molecular weight is 311 g/mol. The fourth-order valence-electron chi connectivity index (χ4n) is 2.73. The normalized spacial score (nSPS) is 20.4. The third-order valence-corrected chi connectivity index (χ3v) is 5.55. The maximum atomic E-state index is 12.5. The predicted octanol–water partition coefficient (Wildman–Crippen LogP) is 2.11. The summed E-state index contributed by atoms with van der Waals surface area (Å²) in [5.74, 6) is 0. The van der Waals surface area contributed by atoms with Gasteiger partial charge in [-0.2, -0.15) is 12.7 Å². The zero-order valence-electron chi connectivity index (χ0n) is 12.6. The van der Waals surface area contributed by atoms with Gasteiger partial charge < -0.3 is 5.73 Å². The number of anilines is 1. The van der Waals surface area contributed by atoms with Gasteiger partial charge in [-0.25, -0.2) is 0 Å². The molecule has 3 N–H and O–H groups in total. The molecule has 1 saturated heterocycles. The Morgan fingerprint density at radius 2 is 2.19 bits per heavy atom. The molecule has 0 aromatic heterocycles. The van der Waals surface area contributed by atoms with Crippen LogP contribution in [0, 0.1) is 0 Å². The van der Waals surface area contributed by atoms with Gasteiger partial charge in [-0.3, -0.25) is 4.72 Å². The van der Waals surface area contributed by atoms with Crippen molar-refractivity contribution < 1.29 is 8.42 Å². The van der Waals surface area contributed by atoms with Gasteiger partial charge in [-0.15, -0.1) is 0 Å². The van der Waals surface area contributed by atoms with E-state index in [1.54, 1.807) is 10.4 Å². The highest BCUT2D eigenvalue weighted by atomic mass is 32.2. The van der Waals surface area contributed by atoms with E-state index in [9.17, 15) is 8.42 Å². The second kappa shape index (κ2) is 7.24. The van der Waals surface area contributed by atoms with E-state index in [4.69, 9.17) is 5.73 Å². The van der Waals surface area contributed by atoms with Crippen molar-refractivity contribution in [2.24, 2.45) is 5.73 Å². The second-order valence-electron chi connectivity index (χ2n) is 5.66. The van der Waals surface area contributed by atoms with Gasteiger partial charge in [0.1, 0.15) is 0 Å². The lowest BCUT2D eigenvalue weighted by Gasteiger charge is -2.32. The van der Waals surface area contributed by atoms with Crippen molar-refractivity contribution in [3.05, 3.63) is 29.8 Å².